The average Bonchev–Trinajstić information content (AvgIpc) is 3.10. The summed E-state index contributed by atoms with van der Waals surface area (Å²) in [5.41, 5.74) is 2.15. The molecule has 140 valence electrons. The van der Waals surface area contributed by atoms with Crippen LogP contribution in [0.15, 0.2) is 29.6 Å². The van der Waals surface area contributed by atoms with Crippen molar-refractivity contribution in [3.05, 3.63) is 55.7 Å². The first-order valence-electron chi connectivity index (χ1n) is 9.24. The number of benzene rings is 1. The highest BCUT2D eigenvalue weighted by atomic mass is 35.5. The Morgan fingerprint density at radius 2 is 2.12 bits per heavy atom. The van der Waals surface area contributed by atoms with Gasteiger partial charge in [-0.1, -0.05) is 42.6 Å². The van der Waals surface area contributed by atoms with Gasteiger partial charge in [0.2, 0.25) is 0 Å². The van der Waals surface area contributed by atoms with Crippen LogP contribution < -0.4 is 5.32 Å². The van der Waals surface area contributed by atoms with Crippen molar-refractivity contribution in [2.45, 2.75) is 38.6 Å². The van der Waals surface area contributed by atoms with Crippen molar-refractivity contribution in [2.24, 2.45) is 0 Å². The summed E-state index contributed by atoms with van der Waals surface area (Å²) in [7, 11) is 0. The third-order valence-corrected chi connectivity index (χ3v) is 6.43. The van der Waals surface area contributed by atoms with Gasteiger partial charge in [0.15, 0.2) is 6.54 Å². The Labute approximate surface area is 169 Å². The van der Waals surface area contributed by atoms with Gasteiger partial charge in [-0.05, 0) is 54.0 Å². The van der Waals surface area contributed by atoms with Gasteiger partial charge >= 0.3 is 0 Å². The van der Waals surface area contributed by atoms with Crippen molar-refractivity contribution in [3.8, 4) is 0 Å². The van der Waals surface area contributed by atoms with Crippen molar-refractivity contribution in [1.82, 2.24) is 4.90 Å². The second-order valence-electron chi connectivity index (χ2n) is 6.69. The van der Waals surface area contributed by atoms with E-state index in [1.807, 2.05) is 17.0 Å². The summed E-state index contributed by atoms with van der Waals surface area (Å²) in [6.07, 6.45) is 4.49. The van der Waals surface area contributed by atoms with E-state index >= 15 is 0 Å². The van der Waals surface area contributed by atoms with Crippen molar-refractivity contribution >= 4 is 40.4 Å². The van der Waals surface area contributed by atoms with E-state index in [1.165, 1.54) is 23.3 Å². The fourth-order valence-corrected chi connectivity index (χ4v) is 4.94. The molecule has 1 aromatic carbocycles. The summed E-state index contributed by atoms with van der Waals surface area (Å²) in [5, 5.41) is 5.46. The van der Waals surface area contributed by atoms with Gasteiger partial charge in [-0.15, -0.1) is 11.3 Å². The topological polar surface area (TPSA) is 36.9 Å². The number of hydrogen-bond donors (Lipinski definition) is 1. The Bertz CT molecular complexity index is 762. The van der Waals surface area contributed by atoms with Crippen LogP contribution in [0.5, 0.6) is 0 Å². The summed E-state index contributed by atoms with van der Waals surface area (Å²) in [5.74, 6) is 0.175. The minimum Gasteiger partial charge on any atom is -0.338 e. The number of carbonyl (C=O) groups excluding carboxylic acids is 1. The van der Waals surface area contributed by atoms with E-state index < -0.39 is 0 Å². The number of rotatable bonds is 7. The Balaban J connectivity index is 1.81. The lowest BCUT2D eigenvalue weighted by atomic mass is 9.93. The molecule has 1 amide bonds. The SMILES string of the molecule is CCCCC[NH2+]CC(=O)N1CCc2sccc2[C@H]1c1ccc(Cl)cc1Cl. The third-order valence-electron chi connectivity index (χ3n) is 4.87. The maximum atomic E-state index is 13.0. The van der Waals surface area contributed by atoms with Crippen LogP contribution in [0.25, 0.3) is 0 Å². The largest absolute Gasteiger partial charge is 0.338 e. The van der Waals surface area contributed by atoms with Crippen LogP contribution in [0.3, 0.4) is 0 Å². The number of thiophene rings is 1. The molecule has 3 nitrogen and oxygen atoms in total. The number of nitrogens with zero attached hydrogens (tertiary/aromatic N) is 1. The molecule has 0 saturated carbocycles. The van der Waals surface area contributed by atoms with Crippen molar-refractivity contribution < 1.29 is 10.1 Å². The monoisotopic (exact) mass is 411 g/mol. The number of amides is 1. The number of quaternary nitrogens is 1. The zero-order valence-corrected chi connectivity index (χ0v) is 17.3. The van der Waals surface area contributed by atoms with Gasteiger partial charge in [-0.3, -0.25) is 4.79 Å². The summed E-state index contributed by atoms with van der Waals surface area (Å²) in [6.45, 7) is 4.42. The molecule has 2 aromatic rings. The number of hydrogen-bond acceptors (Lipinski definition) is 2. The first-order chi connectivity index (χ1) is 12.6. The van der Waals surface area contributed by atoms with Crippen molar-refractivity contribution in [1.29, 1.82) is 0 Å². The molecule has 1 atom stereocenters. The molecular weight excluding hydrogens is 387 g/mol. The van der Waals surface area contributed by atoms with Gasteiger partial charge in [0.1, 0.15) is 0 Å². The molecule has 3 rings (SSSR count). The molecule has 1 aromatic heterocycles. The first kappa shape index (κ1) is 19.7. The fourth-order valence-electron chi connectivity index (χ4n) is 3.53. The predicted octanol–water partition coefficient (Wildman–Crippen LogP) is 4.28. The minimum atomic E-state index is -0.119. The second-order valence-corrected chi connectivity index (χ2v) is 8.54. The second kappa shape index (κ2) is 9.23. The van der Waals surface area contributed by atoms with E-state index in [-0.39, 0.29) is 11.9 Å². The molecule has 0 fully saturated rings. The van der Waals surface area contributed by atoms with Crippen LogP contribution in [0.4, 0.5) is 0 Å². The summed E-state index contributed by atoms with van der Waals surface area (Å²) >= 11 is 14.3. The minimum absolute atomic E-state index is 0.119. The van der Waals surface area contributed by atoms with Crippen LogP contribution in [0, 0.1) is 0 Å². The number of fused-ring (bicyclic) bond motifs is 1. The standard InChI is InChI=1S/C20H24Cl2N2OS/c1-2-3-4-9-23-13-19(25)24-10-7-18-16(8-11-26-18)20(24)15-6-5-14(21)12-17(15)22/h5-6,8,11-12,20,23H,2-4,7,9-10,13H2,1H3/p+1/t20-/m1/s1. The zero-order chi connectivity index (χ0) is 18.5. The Kier molecular flexibility index (Phi) is 6.98. The van der Waals surface area contributed by atoms with Crippen LogP contribution in [-0.2, 0) is 11.2 Å². The molecule has 26 heavy (non-hydrogen) atoms. The molecule has 0 bridgehead atoms. The van der Waals surface area contributed by atoms with Gasteiger partial charge in [-0.25, -0.2) is 0 Å². The summed E-state index contributed by atoms with van der Waals surface area (Å²) in [4.78, 5) is 16.3. The number of unbranched alkanes of at least 4 members (excludes halogenated alkanes) is 2. The van der Waals surface area contributed by atoms with Crippen LogP contribution in [0.2, 0.25) is 10.0 Å². The summed E-state index contributed by atoms with van der Waals surface area (Å²) in [6, 6.07) is 7.57. The van der Waals surface area contributed by atoms with E-state index in [9.17, 15) is 4.79 Å². The molecule has 0 aliphatic carbocycles. The quantitative estimate of drug-likeness (QED) is 0.677. The highest BCUT2D eigenvalue weighted by molar-refractivity contribution is 7.10. The molecule has 6 heteroatoms. The third kappa shape index (κ3) is 4.42. The lowest BCUT2D eigenvalue weighted by Crippen LogP contribution is -2.86. The average molecular weight is 412 g/mol. The molecule has 1 aliphatic heterocycles. The van der Waals surface area contributed by atoms with Gasteiger partial charge in [0.05, 0.1) is 12.6 Å². The smallest absolute Gasteiger partial charge is 0.278 e. The summed E-state index contributed by atoms with van der Waals surface area (Å²) < 4.78 is 0. The van der Waals surface area contributed by atoms with E-state index in [2.05, 4.69) is 23.7 Å². The molecule has 0 radical (unpaired) electrons. The van der Waals surface area contributed by atoms with Gasteiger partial charge < -0.3 is 10.2 Å². The van der Waals surface area contributed by atoms with E-state index in [0.717, 1.165) is 31.5 Å². The van der Waals surface area contributed by atoms with E-state index in [1.54, 1.807) is 17.4 Å². The van der Waals surface area contributed by atoms with Gasteiger partial charge in [0.25, 0.3) is 5.91 Å². The molecule has 2 N–H and O–H groups in total. The maximum Gasteiger partial charge on any atom is 0.278 e. The molecule has 0 saturated heterocycles. The first-order valence-corrected chi connectivity index (χ1v) is 10.9. The normalized spacial score (nSPS) is 16.6. The number of nitrogens with two attached hydrogens (primary N) is 1. The maximum absolute atomic E-state index is 13.0. The number of carbonyl (C=O) groups is 1. The van der Waals surface area contributed by atoms with Crippen LogP contribution >= 0.6 is 34.5 Å². The number of halogens is 2. The van der Waals surface area contributed by atoms with Crippen molar-refractivity contribution in [3.63, 3.8) is 0 Å². The van der Waals surface area contributed by atoms with Crippen molar-refractivity contribution in [2.75, 3.05) is 19.6 Å². The molecular formula is C20H25Cl2N2OS+. The molecule has 2 heterocycles. The lowest BCUT2D eigenvalue weighted by molar-refractivity contribution is -0.645. The zero-order valence-electron chi connectivity index (χ0n) is 15.0. The Morgan fingerprint density at radius 3 is 2.88 bits per heavy atom. The van der Waals surface area contributed by atoms with Gasteiger partial charge in [0, 0.05) is 21.5 Å². The van der Waals surface area contributed by atoms with Crippen LogP contribution in [-0.4, -0.2) is 30.4 Å². The highest BCUT2D eigenvalue weighted by Crippen LogP contribution is 2.40. The van der Waals surface area contributed by atoms with E-state index in [0.29, 0.717) is 16.6 Å². The van der Waals surface area contributed by atoms with Crippen LogP contribution in [0.1, 0.15) is 48.2 Å². The Morgan fingerprint density at radius 1 is 1.27 bits per heavy atom. The van der Waals surface area contributed by atoms with E-state index in [4.69, 9.17) is 23.2 Å². The fraction of sp³-hybridized carbons (Fsp3) is 0.450. The van der Waals surface area contributed by atoms with Gasteiger partial charge in [-0.2, -0.15) is 0 Å². The highest BCUT2D eigenvalue weighted by Gasteiger charge is 2.34. The molecule has 1 aliphatic rings. The Hall–Kier alpha value is -1.07. The lowest BCUT2D eigenvalue weighted by Gasteiger charge is -2.36. The molecule has 0 unspecified atom stereocenters. The predicted molar refractivity (Wildman–Crippen MR) is 109 cm³/mol. The molecule has 0 spiro atoms.